The van der Waals surface area contributed by atoms with Crippen molar-refractivity contribution < 1.29 is 13.2 Å². The number of alkyl halides is 3. The molecule has 0 N–H and O–H groups in total. The van der Waals surface area contributed by atoms with Crippen molar-refractivity contribution in [2.75, 3.05) is 0 Å². The Hall–Kier alpha value is -1.08. The van der Waals surface area contributed by atoms with Gasteiger partial charge in [-0.05, 0) is 29.8 Å². The van der Waals surface area contributed by atoms with E-state index in [1.54, 1.807) is 0 Å². The van der Waals surface area contributed by atoms with Gasteiger partial charge in [-0.3, -0.25) is 4.57 Å². The number of hydrogen-bond acceptors (Lipinski definition) is 2. The Morgan fingerprint density at radius 2 is 1.76 bits per heavy atom. The van der Waals surface area contributed by atoms with Gasteiger partial charge in [-0.2, -0.15) is 13.2 Å². The molecule has 0 spiro atoms. The van der Waals surface area contributed by atoms with Crippen LogP contribution in [-0.2, 0) is 11.6 Å². The molecule has 0 saturated carbocycles. The van der Waals surface area contributed by atoms with Crippen LogP contribution >= 0.6 is 27.5 Å². The van der Waals surface area contributed by atoms with Crippen molar-refractivity contribution in [1.29, 1.82) is 0 Å². The van der Waals surface area contributed by atoms with Crippen molar-refractivity contribution in [2.24, 2.45) is 0 Å². The summed E-state index contributed by atoms with van der Waals surface area (Å²) >= 11 is 9.01. The van der Waals surface area contributed by atoms with Crippen LogP contribution in [0.15, 0.2) is 22.7 Å². The second kappa shape index (κ2) is 5.28. The monoisotopic (exact) mass is 381 g/mol. The Kier molecular flexibility index (Phi) is 4.10. The van der Waals surface area contributed by atoms with Gasteiger partial charge in [-0.25, -0.2) is 0 Å². The third-order valence-corrected chi connectivity index (χ3v) is 3.54. The SMILES string of the molecule is CC(C)(C)c1nnc(Cl)n1-c1ccc(Br)cc1C(F)(F)F. The molecule has 0 fully saturated rings. The van der Waals surface area contributed by atoms with Crippen LogP contribution < -0.4 is 0 Å². The molecule has 1 heterocycles. The molecule has 114 valence electrons. The Bertz CT molecular complexity index is 674. The van der Waals surface area contributed by atoms with Gasteiger partial charge >= 0.3 is 6.18 Å². The average Bonchev–Trinajstić information content (AvgIpc) is 2.70. The molecule has 2 rings (SSSR count). The second-order valence-electron chi connectivity index (χ2n) is 5.54. The van der Waals surface area contributed by atoms with Gasteiger partial charge in [0.2, 0.25) is 5.28 Å². The van der Waals surface area contributed by atoms with E-state index in [1.807, 2.05) is 20.8 Å². The van der Waals surface area contributed by atoms with Crippen LogP contribution in [0.3, 0.4) is 0 Å². The number of aromatic nitrogens is 3. The van der Waals surface area contributed by atoms with E-state index < -0.39 is 17.2 Å². The van der Waals surface area contributed by atoms with Crippen molar-refractivity contribution in [2.45, 2.75) is 32.4 Å². The van der Waals surface area contributed by atoms with Crippen LogP contribution in [0.2, 0.25) is 5.28 Å². The third-order valence-electron chi connectivity index (χ3n) is 2.80. The van der Waals surface area contributed by atoms with Gasteiger partial charge in [0, 0.05) is 9.89 Å². The lowest BCUT2D eigenvalue weighted by Crippen LogP contribution is -2.20. The molecule has 0 aliphatic rings. The molecule has 2 aromatic rings. The quantitative estimate of drug-likeness (QED) is 0.695. The van der Waals surface area contributed by atoms with Crippen molar-refractivity contribution in [3.05, 3.63) is 39.3 Å². The first-order valence-electron chi connectivity index (χ1n) is 6.00. The van der Waals surface area contributed by atoms with Crippen LogP contribution in [-0.4, -0.2) is 14.8 Å². The topological polar surface area (TPSA) is 30.7 Å². The number of benzene rings is 1. The van der Waals surface area contributed by atoms with E-state index in [0.717, 1.165) is 6.07 Å². The summed E-state index contributed by atoms with van der Waals surface area (Å²) in [4.78, 5) is 0. The molecule has 0 amide bonds. The standard InChI is InChI=1S/C13H12BrClF3N3/c1-12(2,3)10-19-20-11(15)21(10)9-5-4-7(14)6-8(9)13(16,17)18/h4-6H,1-3H3. The molecule has 0 atom stereocenters. The second-order valence-corrected chi connectivity index (χ2v) is 6.79. The van der Waals surface area contributed by atoms with E-state index in [2.05, 4.69) is 26.1 Å². The molecule has 1 aromatic heterocycles. The first-order valence-corrected chi connectivity index (χ1v) is 7.17. The normalized spacial score (nSPS) is 12.8. The smallest absolute Gasteiger partial charge is 0.269 e. The fraction of sp³-hybridized carbons (Fsp3) is 0.385. The highest BCUT2D eigenvalue weighted by molar-refractivity contribution is 9.10. The molecular formula is C13H12BrClF3N3. The maximum atomic E-state index is 13.3. The highest BCUT2D eigenvalue weighted by Gasteiger charge is 2.36. The van der Waals surface area contributed by atoms with Crippen LogP contribution in [0.5, 0.6) is 0 Å². The fourth-order valence-electron chi connectivity index (χ4n) is 1.89. The summed E-state index contributed by atoms with van der Waals surface area (Å²) in [5.41, 5.74) is -1.40. The van der Waals surface area contributed by atoms with Gasteiger partial charge in [0.05, 0.1) is 11.3 Å². The molecular weight excluding hydrogens is 371 g/mol. The maximum Gasteiger partial charge on any atom is 0.418 e. The van der Waals surface area contributed by atoms with Gasteiger partial charge < -0.3 is 0 Å². The number of rotatable bonds is 1. The summed E-state index contributed by atoms with van der Waals surface area (Å²) in [5.74, 6) is 0.361. The molecule has 1 aromatic carbocycles. The Balaban J connectivity index is 2.77. The van der Waals surface area contributed by atoms with Crippen molar-refractivity contribution in [3.8, 4) is 5.69 Å². The van der Waals surface area contributed by atoms with E-state index in [0.29, 0.717) is 10.3 Å². The van der Waals surface area contributed by atoms with Crippen molar-refractivity contribution >= 4 is 27.5 Å². The average molecular weight is 383 g/mol. The first-order chi connectivity index (χ1) is 9.51. The predicted octanol–water partition coefficient (Wildman–Crippen LogP) is 5.00. The van der Waals surface area contributed by atoms with E-state index in [4.69, 9.17) is 11.6 Å². The molecule has 0 aliphatic heterocycles. The van der Waals surface area contributed by atoms with Gasteiger partial charge in [0.25, 0.3) is 0 Å². The number of hydrogen-bond donors (Lipinski definition) is 0. The summed E-state index contributed by atoms with van der Waals surface area (Å²) in [7, 11) is 0. The van der Waals surface area contributed by atoms with Gasteiger partial charge in [-0.15, -0.1) is 10.2 Å². The summed E-state index contributed by atoms with van der Waals surface area (Å²) in [6, 6.07) is 3.88. The maximum absolute atomic E-state index is 13.3. The molecule has 3 nitrogen and oxygen atoms in total. The molecule has 0 bridgehead atoms. The molecule has 0 aliphatic carbocycles. The Morgan fingerprint density at radius 1 is 1.14 bits per heavy atom. The van der Waals surface area contributed by atoms with E-state index in [-0.39, 0.29) is 11.0 Å². The van der Waals surface area contributed by atoms with Crippen LogP contribution in [0.1, 0.15) is 32.2 Å². The number of nitrogens with zero attached hydrogens (tertiary/aromatic N) is 3. The molecule has 8 heteroatoms. The highest BCUT2D eigenvalue weighted by Crippen LogP contribution is 2.38. The van der Waals surface area contributed by atoms with Crippen LogP contribution in [0.25, 0.3) is 5.69 Å². The highest BCUT2D eigenvalue weighted by atomic mass is 79.9. The van der Waals surface area contributed by atoms with Crippen LogP contribution in [0.4, 0.5) is 13.2 Å². The van der Waals surface area contributed by atoms with Gasteiger partial charge in [0.15, 0.2) is 0 Å². The molecule has 21 heavy (non-hydrogen) atoms. The number of halogens is 5. The van der Waals surface area contributed by atoms with Gasteiger partial charge in [-0.1, -0.05) is 36.7 Å². The summed E-state index contributed by atoms with van der Waals surface area (Å²) in [6.45, 7) is 5.49. The lowest BCUT2D eigenvalue weighted by atomic mass is 9.95. The predicted molar refractivity (Wildman–Crippen MR) is 77.8 cm³/mol. The van der Waals surface area contributed by atoms with Crippen LogP contribution in [0, 0.1) is 0 Å². The summed E-state index contributed by atoms with van der Waals surface area (Å²) < 4.78 is 41.4. The minimum atomic E-state index is -4.51. The lowest BCUT2D eigenvalue weighted by molar-refractivity contribution is -0.137. The Labute approximate surface area is 133 Å². The minimum Gasteiger partial charge on any atom is -0.269 e. The zero-order valence-corrected chi connectivity index (χ0v) is 13.8. The largest absolute Gasteiger partial charge is 0.418 e. The van der Waals surface area contributed by atoms with E-state index >= 15 is 0 Å². The first kappa shape index (κ1) is 16.3. The minimum absolute atomic E-state index is 0.0920. The van der Waals surface area contributed by atoms with Crippen molar-refractivity contribution in [1.82, 2.24) is 14.8 Å². The van der Waals surface area contributed by atoms with Crippen molar-refractivity contribution in [3.63, 3.8) is 0 Å². The van der Waals surface area contributed by atoms with E-state index in [9.17, 15) is 13.2 Å². The summed E-state index contributed by atoms with van der Waals surface area (Å²) in [6.07, 6.45) is -4.51. The molecule has 0 saturated heterocycles. The Morgan fingerprint density at radius 3 is 2.29 bits per heavy atom. The zero-order chi connectivity index (χ0) is 16.0. The molecule has 0 radical (unpaired) electrons. The third kappa shape index (κ3) is 3.23. The fourth-order valence-corrected chi connectivity index (χ4v) is 2.46. The lowest BCUT2D eigenvalue weighted by Gasteiger charge is -2.21. The zero-order valence-electron chi connectivity index (χ0n) is 11.5. The van der Waals surface area contributed by atoms with E-state index in [1.165, 1.54) is 16.7 Å². The summed E-state index contributed by atoms with van der Waals surface area (Å²) in [5, 5.41) is 7.51. The molecule has 0 unspecified atom stereocenters. The van der Waals surface area contributed by atoms with Gasteiger partial charge in [0.1, 0.15) is 5.82 Å².